The molecule has 10 heteroatoms. The Hall–Kier alpha value is -2.98. The van der Waals surface area contributed by atoms with Crippen molar-refractivity contribution in [2.45, 2.75) is 82.7 Å². The molecular weight excluding hydrogens is 464 g/mol. The van der Waals surface area contributed by atoms with E-state index in [1.165, 1.54) is 4.90 Å². The number of hydroxylamine groups is 2. The van der Waals surface area contributed by atoms with Gasteiger partial charge in [0.2, 0.25) is 11.8 Å². The first-order valence-electron chi connectivity index (χ1n) is 12.9. The van der Waals surface area contributed by atoms with Crippen LogP contribution in [0.25, 0.3) is 0 Å². The van der Waals surface area contributed by atoms with Gasteiger partial charge in [-0.05, 0) is 31.4 Å². The first-order chi connectivity index (χ1) is 17.3. The molecule has 3 amide bonds. The predicted molar refractivity (Wildman–Crippen MR) is 134 cm³/mol. The molecule has 0 aliphatic carbocycles. The number of carboxylic acid groups (broad SMARTS) is 1. The van der Waals surface area contributed by atoms with Crippen LogP contribution in [0.15, 0.2) is 30.3 Å². The summed E-state index contributed by atoms with van der Waals surface area (Å²) in [5, 5.41) is 22.4. The zero-order valence-corrected chi connectivity index (χ0v) is 20.9. The minimum Gasteiger partial charge on any atom is -0.481 e. The number of carbonyl (C=O) groups excluding carboxylic acids is 3. The van der Waals surface area contributed by atoms with Crippen LogP contribution in [-0.2, 0) is 25.6 Å². The molecule has 200 valence electrons. The Labute approximate surface area is 212 Å². The van der Waals surface area contributed by atoms with Crippen LogP contribution in [0.4, 0.5) is 0 Å². The number of nitrogens with one attached hydrogen (secondary N) is 1. The van der Waals surface area contributed by atoms with Gasteiger partial charge in [-0.25, -0.2) is 5.06 Å². The summed E-state index contributed by atoms with van der Waals surface area (Å²) in [6.45, 7) is 0.645. The maximum Gasteiger partial charge on any atom is 0.303 e. The zero-order chi connectivity index (χ0) is 26.3. The maximum atomic E-state index is 13.4. The van der Waals surface area contributed by atoms with Crippen LogP contribution in [0.2, 0.25) is 0 Å². The standard InChI is InChI=1S/C26H40N4O6/c27-15-10-16-28-23(31)18-21(13-8-3-1-2-4-9-14-25(33)34)29-19-24(32)30(36)22(26(29)35)17-20-11-6-5-7-12-20/h5-7,11-12,21-22,36H,1-4,8-10,13-19,27H2,(H,28,31)(H,33,34). The predicted octanol–water partition coefficient (Wildman–Crippen LogP) is 2.09. The lowest BCUT2D eigenvalue weighted by Crippen LogP contribution is -2.62. The van der Waals surface area contributed by atoms with Gasteiger partial charge in [0.15, 0.2) is 0 Å². The molecule has 0 aromatic heterocycles. The van der Waals surface area contributed by atoms with Crippen molar-refractivity contribution in [1.82, 2.24) is 15.3 Å². The lowest BCUT2D eigenvalue weighted by Gasteiger charge is -2.40. The second-order valence-corrected chi connectivity index (χ2v) is 9.31. The highest BCUT2D eigenvalue weighted by atomic mass is 16.5. The lowest BCUT2D eigenvalue weighted by molar-refractivity contribution is -0.195. The van der Waals surface area contributed by atoms with E-state index in [1.807, 2.05) is 30.3 Å². The Morgan fingerprint density at radius 3 is 2.36 bits per heavy atom. The van der Waals surface area contributed by atoms with Crippen LogP contribution in [0, 0.1) is 0 Å². The van der Waals surface area contributed by atoms with Crippen molar-refractivity contribution < 1.29 is 29.5 Å². The fourth-order valence-electron chi connectivity index (χ4n) is 4.43. The molecule has 10 nitrogen and oxygen atoms in total. The third kappa shape index (κ3) is 9.94. The molecule has 0 radical (unpaired) electrons. The van der Waals surface area contributed by atoms with E-state index < -0.39 is 24.0 Å². The fourth-order valence-corrected chi connectivity index (χ4v) is 4.43. The van der Waals surface area contributed by atoms with Crippen LogP contribution in [0.1, 0.15) is 69.8 Å². The number of carboxylic acids is 1. The van der Waals surface area contributed by atoms with Crippen molar-refractivity contribution in [3.8, 4) is 0 Å². The zero-order valence-electron chi connectivity index (χ0n) is 20.9. The summed E-state index contributed by atoms with van der Waals surface area (Å²) in [5.41, 5.74) is 6.32. The summed E-state index contributed by atoms with van der Waals surface area (Å²) in [5.74, 6) is -1.92. The van der Waals surface area contributed by atoms with Crippen LogP contribution < -0.4 is 11.1 Å². The molecule has 0 spiro atoms. The first-order valence-corrected chi connectivity index (χ1v) is 12.9. The van der Waals surface area contributed by atoms with E-state index in [0.717, 1.165) is 37.7 Å². The smallest absolute Gasteiger partial charge is 0.303 e. The molecule has 5 N–H and O–H groups in total. The molecule has 2 unspecified atom stereocenters. The fraction of sp³-hybridized carbons (Fsp3) is 0.615. The largest absolute Gasteiger partial charge is 0.481 e. The second kappa shape index (κ2) is 15.9. The number of unbranched alkanes of at least 4 members (excludes halogenated alkanes) is 5. The van der Waals surface area contributed by atoms with Crippen molar-refractivity contribution in [1.29, 1.82) is 0 Å². The monoisotopic (exact) mass is 504 g/mol. The highest BCUT2D eigenvalue weighted by Gasteiger charge is 2.42. The van der Waals surface area contributed by atoms with Crippen molar-refractivity contribution >= 4 is 23.7 Å². The van der Waals surface area contributed by atoms with Gasteiger partial charge in [-0.15, -0.1) is 0 Å². The molecule has 1 aromatic rings. The van der Waals surface area contributed by atoms with Crippen LogP contribution >= 0.6 is 0 Å². The van der Waals surface area contributed by atoms with Gasteiger partial charge in [0.25, 0.3) is 5.91 Å². The highest BCUT2D eigenvalue weighted by molar-refractivity contribution is 5.95. The van der Waals surface area contributed by atoms with Crippen molar-refractivity contribution in [3.63, 3.8) is 0 Å². The summed E-state index contributed by atoms with van der Waals surface area (Å²) in [4.78, 5) is 50.7. The second-order valence-electron chi connectivity index (χ2n) is 9.31. The Kier molecular flexibility index (Phi) is 12.9. The molecule has 0 saturated carbocycles. The third-order valence-electron chi connectivity index (χ3n) is 6.44. The van der Waals surface area contributed by atoms with Crippen LogP contribution in [-0.4, -0.2) is 75.7 Å². The SMILES string of the molecule is NCCCNC(=O)CC(CCCCCCCCC(=O)O)N1CC(=O)N(O)C(Cc2ccccc2)C1=O. The quantitative estimate of drug-likeness (QED) is 0.187. The molecule has 1 saturated heterocycles. The van der Waals surface area contributed by atoms with Crippen molar-refractivity contribution in [2.24, 2.45) is 5.73 Å². The number of carbonyl (C=O) groups is 4. The number of benzene rings is 1. The Morgan fingerprint density at radius 2 is 1.69 bits per heavy atom. The Balaban J connectivity index is 2.01. The van der Waals surface area contributed by atoms with E-state index in [-0.39, 0.29) is 37.6 Å². The molecule has 36 heavy (non-hydrogen) atoms. The number of amides is 3. The molecule has 0 bridgehead atoms. The topological polar surface area (TPSA) is 153 Å². The van der Waals surface area contributed by atoms with E-state index >= 15 is 0 Å². The van der Waals surface area contributed by atoms with E-state index in [4.69, 9.17) is 10.8 Å². The average molecular weight is 505 g/mol. The molecular formula is C26H40N4O6. The summed E-state index contributed by atoms with van der Waals surface area (Å²) in [7, 11) is 0. The number of piperazine rings is 1. The number of aliphatic carboxylic acids is 1. The van der Waals surface area contributed by atoms with Crippen molar-refractivity contribution in [3.05, 3.63) is 35.9 Å². The normalized spacial score (nSPS) is 16.8. The van der Waals surface area contributed by atoms with Gasteiger partial charge in [-0.1, -0.05) is 62.4 Å². The lowest BCUT2D eigenvalue weighted by atomic mass is 9.97. The Bertz CT molecular complexity index is 850. The number of rotatable bonds is 17. The summed E-state index contributed by atoms with van der Waals surface area (Å²) >= 11 is 0. The van der Waals surface area contributed by atoms with Crippen LogP contribution in [0.3, 0.4) is 0 Å². The van der Waals surface area contributed by atoms with Crippen LogP contribution in [0.5, 0.6) is 0 Å². The van der Waals surface area contributed by atoms with E-state index in [1.54, 1.807) is 0 Å². The van der Waals surface area contributed by atoms with Gasteiger partial charge in [0, 0.05) is 31.8 Å². The van der Waals surface area contributed by atoms with Gasteiger partial charge < -0.3 is 21.1 Å². The Morgan fingerprint density at radius 1 is 1.03 bits per heavy atom. The van der Waals surface area contributed by atoms with Crippen molar-refractivity contribution in [2.75, 3.05) is 19.6 Å². The number of hydrogen-bond donors (Lipinski definition) is 4. The van der Waals surface area contributed by atoms with Gasteiger partial charge in [-0.2, -0.15) is 0 Å². The minimum atomic E-state index is -1.04. The van der Waals surface area contributed by atoms with E-state index in [0.29, 0.717) is 37.4 Å². The summed E-state index contributed by atoms with van der Waals surface area (Å²) in [6.07, 6.45) is 6.67. The maximum absolute atomic E-state index is 13.4. The molecule has 2 rings (SSSR count). The molecule has 1 aromatic carbocycles. The summed E-state index contributed by atoms with van der Waals surface area (Å²) < 4.78 is 0. The number of hydrogen-bond acceptors (Lipinski definition) is 6. The average Bonchev–Trinajstić information content (AvgIpc) is 2.85. The molecule has 2 atom stereocenters. The highest BCUT2D eigenvalue weighted by Crippen LogP contribution is 2.22. The third-order valence-corrected chi connectivity index (χ3v) is 6.44. The number of nitrogens with zero attached hydrogens (tertiary/aromatic N) is 2. The van der Waals surface area contributed by atoms with E-state index in [2.05, 4.69) is 5.32 Å². The molecule has 1 aliphatic rings. The minimum absolute atomic E-state index is 0.0751. The number of nitrogens with two attached hydrogens (primary N) is 1. The van der Waals surface area contributed by atoms with E-state index in [9.17, 15) is 24.4 Å². The molecule has 1 fully saturated rings. The molecule has 1 aliphatic heterocycles. The van der Waals surface area contributed by atoms with Gasteiger partial charge in [0.1, 0.15) is 12.6 Å². The first kappa shape index (κ1) is 29.3. The van der Waals surface area contributed by atoms with Gasteiger partial charge in [-0.3, -0.25) is 24.4 Å². The van der Waals surface area contributed by atoms with Gasteiger partial charge in [0.05, 0.1) is 0 Å². The summed E-state index contributed by atoms with van der Waals surface area (Å²) in [6, 6.07) is 7.70. The molecule has 1 heterocycles. The van der Waals surface area contributed by atoms with Gasteiger partial charge >= 0.3 is 5.97 Å².